The number of likely N-dealkylation sites (N-methyl/N-ethyl adjacent to an activating group) is 1. The van der Waals surface area contributed by atoms with Crippen molar-refractivity contribution in [2.45, 2.75) is 18.7 Å². The summed E-state index contributed by atoms with van der Waals surface area (Å²) in [4.78, 5) is 4.84. The number of benzene rings is 2. The number of halogens is 1. The third-order valence-electron chi connectivity index (χ3n) is 5.26. The minimum absolute atomic E-state index is 0.253. The highest BCUT2D eigenvalue weighted by Gasteiger charge is 2.27. The average Bonchev–Trinajstić information content (AvgIpc) is 3.08. The Labute approximate surface area is 179 Å². The maximum Gasteiger partial charge on any atom is 0.283 e. The number of fused-ring (bicyclic) bond motifs is 1. The Balaban J connectivity index is 1.83. The van der Waals surface area contributed by atoms with Crippen LogP contribution in [0.2, 0.25) is 0 Å². The molecule has 1 aromatic heterocycles. The lowest BCUT2D eigenvalue weighted by molar-refractivity contribution is 0.270. The van der Waals surface area contributed by atoms with E-state index in [9.17, 15) is 8.42 Å². The van der Waals surface area contributed by atoms with Crippen LogP contribution in [0.4, 0.5) is 5.82 Å². The molecule has 3 aromatic rings. The van der Waals surface area contributed by atoms with Gasteiger partial charge in [-0.15, -0.1) is 5.10 Å². The predicted octanol–water partition coefficient (Wildman–Crippen LogP) is 3.33. The third kappa shape index (κ3) is 3.53. The molecule has 2 aromatic carbocycles. The van der Waals surface area contributed by atoms with E-state index in [1.54, 1.807) is 12.1 Å². The summed E-state index contributed by atoms with van der Waals surface area (Å²) in [6, 6.07) is 12.7. The average molecular weight is 510 g/mol. The van der Waals surface area contributed by atoms with Crippen molar-refractivity contribution in [3.05, 3.63) is 51.6 Å². The van der Waals surface area contributed by atoms with Gasteiger partial charge in [0, 0.05) is 35.1 Å². The Kier molecular flexibility index (Phi) is 5.36. The van der Waals surface area contributed by atoms with Gasteiger partial charge in [-0.1, -0.05) is 24.6 Å². The van der Waals surface area contributed by atoms with Crippen LogP contribution in [0.15, 0.2) is 47.4 Å². The van der Waals surface area contributed by atoms with Crippen LogP contribution in [-0.4, -0.2) is 55.2 Å². The van der Waals surface area contributed by atoms with E-state index in [0.717, 1.165) is 53.1 Å². The molecule has 0 aliphatic carbocycles. The topological polar surface area (TPSA) is 58.4 Å². The number of rotatable bonds is 4. The van der Waals surface area contributed by atoms with Crippen LogP contribution < -0.4 is 4.90 Å². The molecule has 0 atom stereocenters. The largest absolute Gasteiger partial charge is 0.352 e. The summed E-state index contributed by atoms with van der Waals surface area (Å²) in [6.45, 7) is 8.74. The van der Waals surface area contributed by atoms with E-state index in [4.69, 9.17) is 0 Å². The van der Waals surface area contributed by atoms with Crippen LogP contribution in [0.1, 0.15) is 12.5 Å². The van der Waals surface area contributed by atoms with E-state index in [0.29, 0.717) is 5.52 Å². The van der Waals surface area contributed by atoms with E-state index in [-0.39, 0.29) is 4.90 Å². The van der Waals surface area contributed by atoms with Gasteiger partial charge in [-0.25, -0.2) is 0 Å². The van der Waals surface area contributed by atoms with Gasteiger partial charge in [0.15, 0.2) is 5.82 Å². The second-order valence-electron chi connectivity index (χ2n) is 7.07. The van der Waals surface area contributed by atoms with Crippen molar-refractivity contribution in [2.75, 3.05) is 37.6 Å². The fourth-order valence-electron chi connectivity index (χ4n) is 3.55. The molecule has 28 heavy (non-hydrogen) atoms. The fourth-order valence-corrected chi connectivity index (χ4v) is 5.32. The monoisotopic (exact) mass is 510 g/mol. The summed E-state index contributed by atoms with van der Waals surface area (Å²) in [6.07, 6.45) is 0. The van der Waals surface area contributed by atoms with Crippen molar-refractivity contribution in [1.29, 1.82) is 0 Å². The highest BCUT2D eigenvalue weighted by molar-refractivity contribution is 14.1. The number of hydrogen-bond donors (Lipinski definition) is 0. The van der Waals surface area contributed by atoms with Crippen LogP contribution >= 0.6 is 22.6 Å². The summed E-state index contributed by atoms with van der Waals surface area (Å²) in [5.74, 6) is 0.750. The minimum atomic E-state index is -3.76. The zero-order valence-corrected chi connectivity index (χ0v) is 18.9. The van der Waals surface area contributed by atoms with E-state index >= 15 is 0 Å². The van der Waals surface area contributed by atoms with Gasteiger partial charge in [-0.3, -0.25) is 0 Å². The van der Waals surface area contributed by atoms with Crippen molar-refractivity contribution in [3.63, 3.8) is 0 Å². The number of piperazine rings is 1. The number of aromatic nitrogens is 2. The molecular formula is C20H23IN4O2S. The van der Waals surface area contributed by atoms with Gasteiger partial charge >= 0.3 is 0 Å². The fraction of sp³-hybridized carbons (Fsp3) is 0.350. The van der Waals surface area contributed by atoms with Crippen molar-refractivity contribution in [2.24, 2.45) is 0 Å². The SMILES string of the molecule is CCN1CCN(c2nn(S(=O)(=O)c3ccc(C)cc3)c3ccc(I)cc23)CC1. The van der Waals surface area contributed by atoms with E-state index in [1.807, 2.05) is 37.3 Å². The molecule has 0 spiro atoms. The second kappa shape index (κ2) is 7.64. The normalized spacial score (nSPS) is 16.0. The first-order valence-corrected chi connectivity index (χ1v) is 11.9. The van der Waals surface area contributed by atoms with Gasteiger partial charge in [-0.05, 0) is 66.4 Å². The quantitative estimate of drug-likeness (QED) is 0.505. The van der Waals surface area contributed by atoms with Gasteiger partial charge in [0.2, 0.25) is 0 Å². The Morgan fingerprint density at radius 2 is 1.71 bits per heavy atom. The molecule has 0 unspecified atom stereocenters. The lowest BCUT2D eigenvalue weighted by Crippen LogP contribution is -2.46. The number of aryl methyl sites for hydroxylation is 1. The Morgan fingerprint density at radius 1 is 1.04 bits per heavy atom. The first-order chi connectivity index (χ1) is 13.4. The number of anilines is 1. The zero-order valence-electron chi connectivity index (χ0n) is 16.0. The maximum absolute atomic E-state index is 13.3. The molecule has 1 aliphatic rings. The molecule has 4 rings (SSSR count). The Morgan fingerprint density at radius 3 is 2.36 bits per heavy atom. The molecule has 0 N–H and O–H groups in total. The third-order valence-corrected chi connectivity index (χ3v) is 7.53. The summed E-state index contributed by atoms with van der Waals surface area (Å²) in [5, 5.41) is 5.49. The molecule has 8 heteroatoms. The zero-order chi connectivity index (χ0) is 19.9. The highest BCUT2D eigenvalue weighted by Crippen LogP contribution is 2.31. The smallest absolute Gasteiger partial charge is 0.283 e. The standard InChI is InChI=1S/C20H23IN4O2S/c1-3-23-10-12-24(13-11-23)20-18-14-16(21)6-9-19(18)25(22-20)28(26,27)17-7-4-15(2)5-8-17/h4-9,14H,3,10-13H2,1-2H3. The molecule has 0 radical (unpaired) electrons. The lowest BCUT2D eigenvalue weighted by atomic mass is 10.2. The molecule has 1 aliphatic heterocycles. The molecule has 6 nitrogen and oxygen atoms in total. The lowest BCUT2D eigenvalue weighted by Gasteiger charge is -2.34. The molecular weight excluding hydrogens is 487 g/mol. The van der Waals surface area contributed by atoms with Crippen LogP contribution in [-0.2, 0) is 10.0 Å². The van der Waals surface area contributed by atoms with Crippen LogP contribution in [0, 0.1) is 10.5 Å². The van der Waals surface area contributed by atoms with Gasteiger partial charge in [0.25, 0.3) is 10.0 Å². The highest BCUT2D eigenvalue weighted by atomic mass is 127. The molecule has 1 fully saturated rings. The summed E-state index contributed by atoms with van der Waals surface area (Å²) < 4.78 is 28.9. The van der Waals surface area contributed by atoms with E-state index < -0.39 is 10.0 Å². The van der Waals surface area contributed by atoms with Crippen LogP contribution in [0.5, 0.6) is 0 Å². The molecule has 0 amide bonds. The first kappa shape index (κ1) is 19.7. The number of hydrogen-bond acceptors (Lipinski definition) is 5. The number of nitrogens with zero attached hydrogens (tertiary/aromatic N) is 4. The molecule has 0 saturated carbocycles. The Hall–Kier alpha value is -1.65. The van der Waals surface area contributed by atoms with Crippen molar-refractivity contribution in [3.8, 4) is 0 Å². The van der Waals surface area contributed by atoms with Crippen molar-refractivity contribution < 1.29 is 8.42 Å². The van der Waals surface area contributed by atoms with Crippen molar-refractivity contribution >= 4 is 49.3 Å². The van der Waals surface area contributed by atoms with Gasteiger partial charge in [-0.2, -0.15) is 12.5 Å². The molecule has 0 bridgehead atoms. The molecule has 1 saturated heterocycles. The second-order valence-corrected chi connectivity index (χ2v) is 10.1. The van der Waals surface area contributed by atoms with Gasteiger partial charge in [0.05, 0.1) is 10.4 Å². The van der Waals surface area contributed by atoms with Crippen LogP contribution in [0.25, 0.3) is 10.9 Å². The predicted molar refractivity (Wildman–Crippen MR) is 121 cm³/mol. The summed E-state index contributed by atoms with van der Waals surface area (Å²) in [7, 11) is -3.76. The maximum atomic E-state index is 13.3. The summed E-state index contributed by atoms with van der Waals surface area (Å²) >= 11 is 2.26. The van der Waals surface area contributed by atoms with Crippen LogP contribution in [0.3, 0.4) is 0 Å². The van der Waals surface area contributed by atoms with Gasteiger partial charge < -0.3 is 9.80 Å². The van der Waals surface area contributed by atoms with E-state index in [1.165, 1.54) is 4.09 Å². The Bertz CT molecular complexity index is 1100. The van der Waals surface area contributed by atoms with E-state index in [2.05, 4.69) is 44.4 Å². The first-order valence-electron chi connectivity index (χ1n) is 9.38. The molecule has 2 heterocycles. The summed E-state index contributed by atoms with van der Waals surface area (Å²) in [5.41, 5.74) is 1.64. The molecule has 148 valence electrons. The van der Waals surface area contributed by atoms with Gasteiger partial charge in [0.1, 0.15) is 0 Å². The van der Waals surface area contributed by atoms with Crippen molar-refractivity contribution in [1.82, 2.24) is 14.1 Å². The minimum Gasteiger partial charge on any atom is -0.352 e.